The number of alkyl halides is 1. The minimum absolute atomic E-state index is 0.110. The zero-order chi connectivity index (χ0) is 14.4. The van der Waals surface area contributed by atoms with Gasteiger partial charge in [0.1, 0.15) is 12.0 Å². The van der Waals surface area contributed by atoms with Gasteiger partial charge in [0.2, 0.25) is 5.91 Å². The standard InChI is InChI=1S/C11H13ClN2O5/c12-5-10(16)13-9(6-15)11(17)7-1-3-8(4-2-7)14(18)19/h1-4,9,11,15,17H,5-6H2,(H,13,16)/t9-,11+/m0/s1. The molecule has 0 heterocycles. The molecule has 0 aliphatic rings. The highest BCUT2D eigenvalue weighted by molar-refractivity contribution is 6.27. The SMILES string of the molecule is O=C(CCl)N[C@@H](CO)[C@H](O)c1ccc([N+](=O)[O-])cc1. The summed E-state index contributed by atoms with van der Waals surface area (Å²) in [6, 6.07) is 4.26. The van der Waals surface area contributed by atoms with E-state index in [9.17, 15) is 20.0 Å². The van der Waals surface area contributed by atoms with Crippen LogP contribution in [0.15, 0.2) is 24.3 Å². The number of hydrogen-bond donors (Lipinski definition) is 3. The van der Waals surface area contributed by atoms with Crippen LogP contribution in [-0.2, 0) is 4.79 Å². The smallest absolute Gasteiger partial charge is 0.269 e. The van der Waals surface area contributed by atoms with Crippen LogP contribution in [0.4, 0.5) is 5.69 Å². The second-order valence-corrected chi connectivity index (χ2v) is 4.05. The predicted molar refractivity (Wildman–Crippen MR) is 67.8 cm³/mol. The van der Waals surface area contributed by atoms with E-state index in [4.69, 9.17) is 16.7 Å². The molecule has 0 unspecified atom stereocenters. The van der Waals surface area contributed by atoms with Crippen LogP contribution in [-0.4, -0.2) is 39.6 Å². The third-order valence-corrected chi connectivity index (χ3v) is 2.73. The Morgan fingerprint density at radius 2 is 2.00 bits per heavy atom. The van der Waals surface area contributed by atoms with Gasteiger partial charge in [-0.15, -0.1) is 11.6 Å². The molecule has 0 radical (unpaired) electrons. The Balaban J connectivity index is 2.81. The van der Waals surface area contributed by atoms with Crippen LogP contribution < -0.4 is 5.32 Å². The van der Waals surface area contributed by atoms with Crippen LogP contribution in [0.3, 0.4) is 0 Å². The molecule has 7 nitrogen and oxygen atoms in total. The highest BCUT2D eigenvalue weighted by Crippen LogP contribution is 2.20. The maximum absolute atomic E-state index is 11.1. The van der Waals surface area contributed by atoms with Crippen molar-refractivity contribution >= 4 is 23.2 Å². The Hall–Kier alpha value is -1.70. The van der Waals surface area contributed by atoms with Gasteiger partial charge in [-0.2, -0.15) is 0 Å². The number of nitro benzene ring substituents is 1. The van der Waals surface area contributed by atoms with Gasteiger partial charge in [0.15, 0.2) is 0 Å². The first-order valence-electron chi connectivity index (χ1n) is 5.38. The van der Waals surface area contributed by atoms with Crippen LogP contribution in [0.1, 0.15) is 11.7 Å². The van der Waals surface area contributed by atoms with Gasteiger partial charge in [-0.05, 0) is 17.7 Å². The first kappa shape index (κ1) is 15.4. The van der Waals surface area contributed by atoms with Crippen molar-refractivity contribution in [2.45, 2.75) is 12.1 Å². The van der Waals surface area contributed by atoms with E-state index < -0.39 is 29.6 Å². The van der Waals surface area contributed by atoms with Gasteiger partial charge >= 0.3 is 0 Å². The molecule has 19 heavy (non-hydrogen) atoms. The number of nitrogens with one attached hydrogen (secondary N) is 1. The molecule has 0 spiro atoms. The Morgan fingerprint density at radius 3 is 2.42 bits per heavy atom. The molecule has 104 valence electrons. The van der Waals surface area contributed by atoms with Crippen LogP contribution in [0.25, 0.3) is 0 Å². The number of nitro groups is 1. The van der Waals surface area contributed by atoms with Crippen molar-refractivity contribution in [2.24, 2.45) is 0 Å². The van der Waals surface area contributed by atoms with E-state index in [1.807, 2.05) is 0 Å². The van der Waals surface area contributed by atoms with Crippen molar-refractivity contribution in [1.82, 2.24) is 5.32 Å². The fraction of sp³-hybridized carbons (Fsp3) is 0.364. The molecule has 0 saturated carbocycles. The molecule has 0 saturated heterocycles. The molecule has 1 amide bonds. The number of hydrogen-bond acceptors (Lipinski definition) is 5. The predicted octanol–water partition coefficient (Wildman–Crippen LogP) is 0.344. The van der Waals surface area contributed by atoms with Gasteiger partial charge in [0, 0.05) is 12.1 Å². The summed E-state index contributed by atoms with van der Waals surface area (Å²) < 4.78 is 0. The average molecular weight is 289 g/mol. The molecule has 0 aliphatic heterocycles. The molecule has 1 rings (SSSR count). The Morgan fingerprint density at radius 1 is 1.42 bits per heavy atom. The topological polar surface area (TPSA) is 113 Å². The quantitative estimate of drug-likeness (QED) is 0.397. The summed E-state index contributed by atoms with van der Waals surface area (Å²) >= 11 is 5.31. The van der Waals surface area contributed by atoms with Crippen LogP contribution in [0.5, 0.6) is 0 Å². The highest BCUT2D eigenvalue weighted by Gasteiger charge is 2.22. The van der Waals surface area contributed by atoms with Crippen molar-refractivity contribution in [3.05, 3.63) is 39.9 Å². The maximum Gasteiger partial charge on any atom is 0.269 e. The number of rotatable bonds is 6. The largest absolute Gasteiger partial charge is 0.394 e. The summed E-state index contributed by atoms with van der Waals surface area (Å²) in [6.07, 6.45) is -1.18. The first-order chi connectivity index (χ1) is 8.99. The summed E-state index contributed by atoms with van der Waals surface area (Å²) in [6.45, 7) is -0.485. The molecule has 3 N–H and O–H groups in total. The third kappa shape index (κ3) is 4.16. The van der Waals surface area contributed by atoms with Crippen molar-refractivity contribution in [1.29, 1.82) is 0 Å². The van der Waals surface area contributed by atoms with Crippen molar-refractivity contribution in [3.8, 4) is 0 Å². The number of non-ortho nitro benzene ring substituents is 1. The van der Waals surface area contributed by atoms with Crippen molar-refractivity contribution < 1.29 is 19.9 Å². The van der Waals surface area contributed by atoms with Gasteiger partial charge in [0.25, 0.3) is 5.69 Å². The molecule has 0 fully saturated rings. The molecule has 2 atom stereocenters. The average Bonchev–Trinajstić information content (AvgIpc) is 2.43. The van der Waals surface area contributed by atoms with Gasteiger partial charge in [-0.25, -0.2) is 0 Å². The number of amides is 1. The molecule has 8 heteroatoms. The van der Waals surface area contributed by atoms with E-state index in [0.29, 0.717) is 5.56 Å². The summed E-state index contributed by atoms with van der Waals surface area (Å²) in [4.78, 5) is 21.0. The van der Waals surface area contributed by atoms with Gasteiger partial charge in [-0.3, -0.25) is 14.9 Å². The van der Waals surface area contributed by atoms with E-state index >= 15 is 0 Å². The number of benzene rings is 1. The maximum atomic E-state index is 11.1. The second kappa shape index (κ2) is 7.03. The van der Waals surface area contributed by atoms with Crippen LogP contribution in [0, 0.1) is 10.1 Å². The zero-order valence-corrected chi connectivity index (χ0v) is 10.6. The third-order valence-electron chi connectivity index (χ3n) is 2.49. The van der Waals surface area contributed by atoms with E-state index in [2.05, 4.69) is 5.32 Å². The first-order valence-corrected chi connectivity index (χ1v) is 5.91. The monoisotopic (exact) mass is 288 g/mol. The normalized spacial score (nSPS) is 13.6. The highest BCUT2D eigenvalue weighted by atomic mass is 35.5. The summed E-state index contributed by atoms with van der Waals surface area (Å²) in [5, 5.41) is 31.9. The lowest BCUT2D eigenvalue weighted by molar-refractivity contribution is -0.384. The summed E-state index contributed by atoms with van der Waals surface area (Å²) in [7, 11) is 0. The summed E-state index contributed by atoms with van der Waals surface area (Å²) in [5.41, 5.74) is 0.237. The molecule has 1 aromatic rings. The fourth-order valence-electron chi connectivity index (χ4n) is 1.50. The fourth-order valence-corrected chi connectivity index (χ4v) is 1.57. The van der Waals surface area contributed by atoms with Crippen LogP contribution >= 0.6 is 11.6 Å². The van der Waals surface area contributed by atoms with Gasteiger partial charge < -0.3 is 15.5 Å². The second-order valence-electron chi connectivity index (χ2n) is 3.78. The Kier molecular flexibility index (Phi) is 5.68. The molecular formula is C11H13ClN2O5. The Labute approximate surface area is 114 Å². The van der Waals surface area contributed by atoms with Gasteiger partial charge in [-0.1, -0.05) is 0 Å². The summed E-state index contributed by atoms with van der Waals surface area (Å²) in [5.74, 6) is -0.814. The molecule has 1 aromatic carbocycles. The number of nitrogens with zero attached hydrogens (tertiary/aromatic N) is 1. The molecular weight excluding hydrogens is 276 g/mol. The van der Waals surface area contributed by atoms with Gasteiger partial charge in [0.05, 0.1) is 17.6 Å². The Bertz CT molecular complexity index is 451. The lowest BCUT2D eigenvalue weighted by Gasteiger charge is -2.22. The van der Waals surface area contributed by atoms with E-state index in [1.165, 1.54) is 24.3 Å². The number of carbonyl (C=O) groups is 1. The molecule has 0 bridgehead atoms. The lowest BCUT2D eigenvalue weighted by Crippen LogP contribution is -2.42. The van der Waals surface area contributed by atoms with E-state index in [0.717, 1.165) is 0 Å². The number of halogens is 1. The van der Waals surface area contributed by atoms with Crippen molar-refractivity contribution in [2.75, 3.05) is 12.5 Å². The van der Waals surface area contributed by atoms with E-state index in [1.54, 1.807) is 0 Å². The number of aliphatic hydroxyl groups excluding tert-OH is 2. The van der Waals surface area contributed by atoms with Crippen molar-refractivity contribution in [3.63, 3.8) is 0 Å². The van der Waals surface area contributed by atoms with E-state index in [-0.39, 0.29) is 11.6 Å². The minimum Gasteiger partial charge on any atom is -0.394 e. The zero-order valence-electron chi connectivity index (χ0n) is 9.82. The minimum atomic E-state index is -1.18. The molecule has 0 aliphatic carbocycles. The number of aliphatic hydroxyl groups is 2. The lowest BCUT2D eigenvalue weighted by atomic mass is 10.0. The molecule has 0 aromatic heterocycles. The number of carbonyl (C=O) groups excluding carboxylic acids is 1. The van der Waals surface area contributed by atoms with Crippen LogP contribution in [0.2, 0.25) is 0 Å².